The molecule has 0 unspecified atom stereocenters. The van der Waals surface area contributed by atoms with Gasteiger partial charge in [0.05, 0.1) is 36.2 Å². The second-order valence-corrected chi connectivity index (χ2v) is 12.1. The summed E-state index contributed by atoms with van der Waals surface area (Å²) in [5.41, 5.74) is 3.69. The number of hydrogen-bond donors (Lipinski definition) is 0. The molecular weight excluding hydrogens is 518 g/mol. The molecule has 4 atom stereocenters. The lowest BCUT2D eigenvalue weighted by Gasteiger charge is -2.35. The molecule has 0 spiro atoms. The van der Waals surface area contributed by atoms with E-state index in [0.29, 0.717) is 6.42 Å². The van der Waals surface area contributed by atoms with Crippen LogP contribution in [0, 0.1) is 23.2 Å². The van der Waals surface area contributed by atoms with Crippen molar-refractivity contribution in [2.45, 2.75) is 70.6 Å². The molecule has 6 rings (SSSR count). The molecule has 210 valence electrons. The number of likely N-dealkylation sites (tertiary alicyclic amines) is 1. The van der Waals surface area contributed by atoms with Gasteiger partial charge in [-0.25, -0.2) is 9.48 Å². The molecule has 3 heterocycles. The minimum Gasteiger partial charge on any atom is -0.464 e. The van der Waals surface area contributed by atoms with Crippen LogP contribution in [0.5, 0.6) is 0 Å². The Labute approximate surface area is 238 Å². The fourth-order valence-electron chi connectivity index (χ4n) is 6.23. The molecule has 2 bridgehead atoms. The van der Waals surface area contributed by atoms with Crippen molar-refractivity contribution in [3.05, 3.63) is 66.6 Å². The van der Waals surface area contributed by atoms with E-state index < -0.39 is 23.7 Å². The van der Waals surface area contributed by atoms with E-state index in [-0.39, 0.29) is 24.2 Å². The quantitative estimate of drug-likeness (QED) is 0.272. The molecule has 1 saturated carbocycles. The molecule has 1 aliphatic heterocycles. The predicted molar refractivity (Wildman–Crippen MR) is 152 cm³/mol. The Morgan fingerprint density at radius 2 is 1.95 bits per heavy atom. The summed E-state index contributed by atoms with van der Waals surface area (Å²) in [7, 11) is 0. The van der Waals surface area contributed by atoms with Crippen LogP contribution in [0.25, 0.3) is 27.9 Å². The summed E-state index contributed by atoms with van der Waals surface area (Å²) in [5.74, 6) is -0.383. The summed E-state index contributed by atoms with van der Waals surface area (Å²) in [6.07, 6.45) is 6.33. The molecule has 9 heteroatoms. The van der Waals surface area contributed by atoms with Crippen molar-refractivity contribution in [3.63, 3.8) is 0 Å². The van der Waals surface area contributed by atoms with Gasteiger partial charge in [-0.1, -0.05) is 17.3 Å². The topological polar surface area (TPSA) is 114 Å². The Hall–Kier alpha value is -4.45. The van der Waals surface area contributed by atoms with E-state index in [1.807, 2.05) is 75.5 Å². The van der Waals surface area contributed by atoms with Crippen molar-refractivity contribution in [3.8, 4) is 23.0 Å². The Morgan fingerprint density at radius 3 is 2.71 bits per heavy atom. The number of aromatic nitrogens is 3. The van der Waals surface area contributed by atoms with E-state index in [1.165, 1.54) is 0 Å². The Balaban J connectivity index is 1.11. The summed E-state index contributed by atoms with van der Waals surface area (Å²) in [6.45, 7) is 5.49. The second kappa shape index (κ2) is 10.5. The number of fused-ring (bicyclic) bond motifs is 3. The van der Waals surface area contributed by atoms with E-state index in [4.69, 9.17) is 9.15 Å². The second-order valence-electron chi connectivity index (χ2n) is 12.1. The first-order valence-electron chi connectivity index (χ1n) is 14.1. The molecule has 2 aliphatic rings. The molecule has 4 aromatic rings. The first-order valence-corrected chi connectivity index (χ1v) is 14.1. The number of nitriles is 1. The van der Waals surface area contributed by atoms with Crippen LogP contribution in [0.15, 0.2) is 65.4 Å². The van der Waals surface area contributed by atoms with Crippen LogP contribution < -0.4 is 0 Å². The van der Waals surface area contributed by atoms with Gasteiger partial charge in [-0.15, -0.1) is 5.10 Å². The van der Waals surface area contributed by atoms with Gasteiger partial charge in [0.2, 0.25) is 0 Å². The van der Waals surface area contributed by atoms with Gasteiger partial charge in [-0.3, -0.25) is 9.69 Å². The fourth-order valence-corrected chi connectivity index (χ4v) is 6.23. The fraction of sp³-hybridized carbons (Fsp3) is 0.406. The summed E-state index contributed by atoms with van der Waals surface area (Å²) < 4.78 is 12.8. The average molecular weight is 552 g/mol. The van der Waals surface area contributed by atoms with Crippen LogP contribution in [-0.4, -0.2) is 49.5 Å². The third-order valence-electron chi connectivity index (χ3n) is 8.07. The van der Waals surface area contributed by atoms with Crippen LogP contribution in [0.4, 0.5) is 4.79 Å². The number of ether oxygens (including phenoxy) is 1. The Morgan fingerprint density at radius 1 is 1.15 bits per heavy atom. The lowest BCUT2D eigenvalue weighted by molar-refractivity contribution is -0.126. The minimum absolute atomic E-state index is 0.0442. The lowest BCUT2D eigenvalue weighted by atomic mass is 9.88. The monoisotopic (exact) mass is 551 g/mol. The zero-order valence-corrected chi connectivity index (χ0v) is 23.5. The first-order chi connectivity index (χ1) is 19.7. The van der Waals surface area contributed by atoms with Crippen molar-refractivity contribution in [1.82, 2.24) is 19.9 Å². The van der Waals surface area contributed by atoms with Crippen molar-refractivity contribution >= 4 is 22.8 Å². The van der Waals surface area contributed by atoms with Gasteiger partial charge in [0.15, 0.2) is 5.78 Å². The molecule has 1 saturated heterocycles. The molecule has 1 aliphatic carbocycles. The number of nitrogens with zero attached hydrogens (tertiary/aromatic N) is 5. The zero-order chi connectivity index (χ0) is 28.7. The summed E-state index contributed by atoms with van der Waals surface area (Å²) in [4.78, 5) is 28.1. The highest BCUT2D eigenvalue weighted by Crippen LogP contribution is 2.44. The van der Waals surface area contributed by atoms with Crippen LogP contribution in [-0.2, 0) is 16.0 Å². The van der Waals surface area contributed by atoms with Crippen molar-refractivity contribution in [2.75, 3.05) is 0 Å². The summed E-state index contributed by atoms with van der Waals surface area (Å²) in [6, 6.07) is 17.4. The molecule has 2 aromatic heterocycles. The highest BCUT2D eigenvalue weighted by Gasteiger charge is 2.52. The Bertz CT molecular complexity index is 1620. The van der Waals surface area contributed by atoms with Gasteiger partial charge >= 0.3 is 6.09 Å². The number of Topliss-reactive ketones (excluding diaryl/α,β-unsaturated/α-hetero) is 1. The van der Waals surface area contributed by atoms with Crippen molar-refractivity contribution in [1.29, 1.82) is 5.26 Å². The minimum atomic E-state index is -0.629. The van der Waals surface area contributed by atoms with Gasteiger partial charge in [0, 0.05) is 23.4 Å². The van der Waals surface area contributed by atoms with Gasteiger partial charge < -0.3 is 9.15 Å². The largest absolute Gasteiger partial charge is 0.464 e. The molecule has 0 radical (unpaired) electrons. The van der Waals surface area contributed by atoms with Crippen LogP contribution >= 0.6 is 0 Å². The Kier molecular flexibility index (Phi) is 6.86. The molecule has 9 nitrogen and oxygen atoms in total. The number of hydrogen-bond acceptors (Lipinski definition) is 7. The van der Waals surface area contributed by atoms with E-state index >= 15 is 0 Å². The van der Waals surface area contributed by atoms with Gasteiger partial charge in [-0.05, 0) is 94.3 Å². The number of ketones is 1. The summed E-state index contributed by atoms with van der Waals surface area (Å²) in [5, 5.41) is 19.5. The normalized spacial score (nSPS) is 20.7. The highest BCUT2D eigenvalue weighted by atomic mass is 16.6. The van der Waals surface area contributed by atoms with Gasteiger partial charge in [0.25, 0.3) is 0 Å². The molecule has 2 fully saturated rings. The maximum absolute atomic E-state index is 13.5. The van der Waals surface area contributed by atoms with E-state index in [1.54, 1.807) is 15.8 Å². The predicted octanol–water partition coefficient (Wildman–Crippen LogP) is 6.11. The number of furan rings is 1. The van der Waals surface area contributed by atoms with Gasteiger partial charge in [-0.2, -0.15) is 5.26 Å². The lowest BCUT2D eigenvalue weighted by Crippen LogP contribution is -2.51. The smallest absolute Gasteiger partial charge is 0.411 e. The number of carbonyl (C=O) groups excluding carboxylic acids is 2. The molecule has 2 aromatic carbocycles. The molecule has 41 heavy (non-hydrogen) atoms. The number of carbonyl (C=O) groups is 2. The van der Waals surface area contributed by atoms with Gasteiger partial charge in [0.1, 0.15) is 16.9 Å². The maximum Gasteiger partial charge on any atom is 0.411 e. The maximum atomic E-state index is 13.5. The van der Waals surface area contributed by atoms with Crippen LogP contribution in [0.1, 0.15) is 52.0 Å². The number of amides is 1. The van der Waals surface area contributed by atoms with E-state index in [2.05, 4.69) is 16.4 Å². The third kappa shape index (κ3) is 5.47. The number of benzene rings is 2. The highest BCUT2D eigenvalue weighted by molar-refractivity contribution is 5.89. The summed E-state index contributed by atoms with van der Waals surface area (Å²) >= 11 is 0. The molecule has 1 amide bonds. The van der Waals surface area contributed by atoms with Crippen molar-refractivity contribution in [2.24, 2.45) is 11.8 Å². The van der Waals surface area contributed by atoms with Crippen molar-refractivity contribution < 1.29 is 18.7 Å². The molecular formula is C32H33N5O4. The standard InChI is InChI=1S/C32H33N5O4/c1-32(2,3)41-31(39)37-26-10-6-24(17-26)30(37)28(38)15-21(18-33)14-20-4-8-25(9-5-20)36-19-27(34-35-36)22-7-11-29-23(16-22)12-13-40-29/h4-5,7-9,11-13,16,19,21,24,26,30H,6,10,14-15,17H2,1-3H3/t21-,24+,26-,30+/m1/s1. The molecule has 0 N–H and O–H groups in total. The number of piperidine rings is 1. The van der Waals surface area contributed by atoms with Crippen LogP contribution in [0.2, 0.25) is 0 Å². The van der Waals surface area contributed by atoms with Crippen LogP contribution in [0.3, 0.4) is 0 Å². The SMILES string of the molecule is CC(C)(C)OC(=O)N1[C@@H]2CC[C@@H](C2)[C@H]1C(=O)C[C@H](C#N)Cc1ccc(-n2cc(-c3ccc4occc4c3)nn2)cc1. The van der Waals surface area contributed by atoms with E-state index in [9.17, 15) is 14.9 Å². The zero-order valence-electron chi connectivity index (χ0n) is 23.5. The third-order valence-corrected chi connectivity index (χ3v) is 8.07. The number of rotatable bonds is 7. The average Bonchev–Trinajstić information content (AvgIpc) is 3.75. The van der Waals surface area contributed by atoms with E-state index in [0.717, 1.165) is 52.7 Å². The first kappa shape index (κ1) is 26.8.